The molecule has 2 atom stereocenters. The average molecular weight is 674 g/mol. The van der Waals surface area contributed by atoms with E-state index < -0.39 is 60.4 Å². The van der Waals surface area contributed by atoms with Crippen molar-refractivity contribution in [1.82, 2.24) is 15.3 Å². The number of pyridine rings is 2. The number of amides is 3. The van der Waals surface area contributed by atoms with Crippen LogP contribution in [0.1, 0.15) is 42.9 Å². The van der Waals surface area contributed by atoms with Crippen LogP contribution in [0.3, 0.4) is 0 Å². The molecule has 1 saturated carbocycles. The first-order chi connectivity index (χ1) is 19.6. The molecule has 1 unspecified atom stereocenters. The van der Waals surface area contributed by atoms with Crippen molar-refractivity contribution in [3.8, 4) is 6.07 Å². The number of rotatable bonds is 7. The van der Waals surface area contributed by atoms with Crippen molar-refractivity contribution >= 4 is 51.8 Å². The number of anilines is 2. The standard InChI is InChI=1S/C28H22F3IN6O3/c29-17-10-19(15-34-14-17)37(27(41)22-5-6-24(39)38(22)23-9-16(13-33)7-8-35-23)25(20-3-1-2-4-21(20)32)26(40)36-18-11-28(30,31)12-18/h1-4,7-10,14-15,18,22,25H,5-6,11-12H2,(H,36,40)/t22-,25?/m0/s1. The van der Waals surface area contributed by atoms with Crippen molar-refractivity contribution in [2.75, 3.05) is 9.80 Å². The first-order valence-electron chi connectivity index (χ1n) is 12.6. The van der Waals surface area contributed by atoms with Gasteiger partial charge in [0.15, 0.2) is 0 Å². The van der Waals surface area contributed by atoms with Gasteiger partial charge in [-0.25, -0.2) is 18.2 Å². The van der Waals surface area contributed by atoms with Gasteiger partial charge in [0, 0.05) is 41.1 Å². The summed E-state index contributed by atoms with van der Waals surface area (Å²) in [7, 11) is 0. The molecule has 1 aromatic carbocycles. The lowest BCUT2D eigenvalue weighted by Gasteiger charge is -2.39. The topological polar surface area (TPSA) is 119 Å². The summed E-state index contributed by atoms with van der Waals surface area (Å²) in [5.41, 5.74) is 0.530. The van der Waals surface area contributed by atoms with Gasteiger partial charge in [-0.15, -0.1) is 0 Å². The smallest absolute Gasteiger partial charge is 0.252 e. The van der Waals surface area contributed by atoms with E-state index in [9.17, 15) is 32.8 Å². The van der Waals surface area contributed by atoms with E-state index in [1.807, 2.05) is 28.7 Å². The van der Waals surface area contributed by atoms with E-state index in [0.29, 0.717) is 9.13 Å². The SMILES string of the molecule is N#Cc1ccnc(N2C(=O)CC[C@H]2C(=O)N(c2cncc(F)c2)C(C(=O)NC2CC(F)(F)C2)c2ccccc2I)c1. The van der Waals surface area contributed by atoms with E-state index in [-0.39, 0.29) is 29.9 Å². The molecule has 41 heavy (non-hydrogen) atoms. The fraction of sp³-hybridized carbons (Fsp3) is 0.286. The van der Waals surface area contributed by atoms with Crippen LogP contribution in [0.5, 0.6) is 0 Å². The van der Waals surface area contributed by atoms with E-state index >= 15 is 0 Å². The van der Waals surface area contributed by atoms with Crippen LogP contribution in [0.4, 0.5) is 24.7 Å². The molecule has 0 spiro atoms. The number of nitrogens with zero attached hydrogens (tertiary/aromatic N) is 5. The number of benzene rings is 1. The summed E-state index contributed by atoms with van der Waals surface area (Å²) in [6, 6.07) is 9.16. The maximum Gasteiger partial charge on any atom is 0.252 e. The van der Waals surface area contributed by atoms with E-state index in [1.165, 1.54) is 29.4 Å². The summed E-state index contributed by atoms with van der Waals surface area (Å²) in [6.07, 6.45) is 2.45. The maximum absolute atomic E-state index is 14.5. The molecule has 9 nitrogen and oxygen atoms in total. The molecular formula is C28H22F3IN6O3. The van der Waals surface area contributed by atoms with Crippen molar-refractivity contribution < 1.29 is 27.6 Å². The zero-order chi connectivity index (χ0) is 29.3. The first kappa shape index (κ1) is 28.5. The number of nitriles is 1. The molecule has 2 fully saturated rings. The number of hydrogen-bond donors (Lipinski definition) is 1. The zero-order valence-electron chi connectivity index (χ0n) is 21.3. The molecule has 2 aromatic heterocycles. The molecule has 5 rings (SSSR count). The van der Waals surface area contributed by atoms with Crippen molar-refractivity contribution in [2.45, 2.75) is 49.7 Å². The molecule has 3 heterocycles. The highest BCUT2D eigenvalue weighted by molar-refractivity contribution is 14.1. The normalized spacial score (nSPS) is 18.8. The van der Waals surface area contributed by atoms with Crippen molar-refractivity contribution in [2.24, 2.45) is 0 Å². The average Bonchev–Trinajstić information content (AvgIpc) is 3.32. The Morgan fingerprint density at radius 3 is 2.63 bits per heavy atom. The summed E-state index contributed by atoms with van der Waals surface area (Å²) >= 11 is 1.99. The number of aromatic nitrogens is 2. The van der Waals surface area contributed by atoms with Gasteiger partial charge in [-0.2, -0.15) is 5.26 Å². The van der Waals surface area contributed by atoms with Crippen LogP contribution >= 0.6 is 22.6 Å². The van der Waals surface area contributed by atoms with Gasteiger partial charge in [0.2, 0.25) is 11.8 Å². The van der Waals surface area contributed by atoms with Crippen LogP contribution in [0.15, 0.2) is 61.1 Å². The number of hydrogen-bond acceptors (Lipinski definition) is 6. The van der Waals surface area contributed by atoms with Gasteiger partial charge >= 0.3 is 0 Å². The third kappa shape index (κ3) is 5.88. The fourth-order valence-electron chi connectivity index (χ4n) is 5.06. The van der Waals surface area contributed by atoms with Gasteiger partial charge in [-0.1, -0.05) is 18.2 Å². The molecule has 0 bridgehead atoms. The molecule has 1 N–H and O–H groups in total. The molecule has 13 heteroatoms. The third-order valence-electron chi connectivity index (χ3n) is 6.97. The highest BCUT2D eigenvalue weighted by atomic mass is 127. The Morgan fingerprint density at radius 2 is 1.95 bits per heavy atom. The summed E-state index contributed by atoms with van der Waals surface area (Å²) in [5.74, 6) is -5.49. The number of nitrogens with one attached hydrogen (secondary N) is 1. The van der Waals surface area contributed by atoms with Crippen LogP contribution in [0.2, 0.25) is 0 Å². The largest absolute Gasteiger partial charge is 0.351 e. The second kappa shape index (κ2) is 11.4. The third-order valence-corrected chi connectivity index (χ3v) is 7.95. The van der Waals surface area contributed by atoms with Crippen molar-refractivity contribution in [1.29, 1.82) is 5.26 Å². The Labute approximate surface area is 246 Å². The monoisotopic (exact) mass is 674 g/mol. The van der Waals surface area contributed by atoms with Crippen molar-refractivity contribution in [3.63, 3.8) is 0 Å². The minimum Gasteiger partial charge on any atom is -0.351 e. The van der Waals surface area contributed by atoms with Gasteiger partial charge < -0.3 is 5.32 Å². The Hall–Kier alpha value is -4.06. The number of carbonyl (C=O) groups excluding carboxylic acids is 3. The lowest BCUT2D eigenvalue weighted by atomic mass is 9.87. The fourth-order valence-corrected chi connectivity index (χ4v) is 5.74. The number of halogens is 4. The lowest BCUT2D eigenvalue weighted by Crippen LogP contribution is -2.56. The minimum absolute atomic E-state index is 0.0129. The molecule has 210 valence electrons. The molecule has 1 aliphatic carbocycles. The van der Waals surface area contributed by atoms with Crippen LogP contribution < -0.4 is 15.1 Å². The van der Waals surface area contributed by atoms with E-state index in [2.05, 4.69) is 15.3 Å². The first-order valence-corrected chi connectivity index (χ1v) is 13.7. The zero-order valence-corrected chi connectivity index (χ0v) is 23.5. The predicted octanol–water partition coefficient (Wildman–Crippen LogP) is 4.28. The second-order valence-corrected chi connectivity index (χ2v) is 11.0. The van der Waals surface area contributed by atoms with Gasteiger partial charge in [0.25, 0.3) is 11.8 Å². The predicted molar refractivity (Wildman–Crippen MR) is 149 cm³/mol. The van der Waals surface area contributed by atoms with E-state index in [0.717, 1.165) is 17.2 Å². The molecule has 1 aliphatic heterocycles. The van der Waals surface area contributed by atoms with Crippen LogP contribution in [0.25, 0.3) is 0 Å². The van der Waals surface area contributed by atoms with E-state index in [4.69, 9.17) is 0 Å². The summed E-state index contributed by atoms with van der Waals surface area (Å²) in [4.78, 5) is 51.5. The number of alkyl halides is 2. The minimum atomic E-state index is -2.90. The van der Waals surface area contributed by atoms with Crippen LogP contribution in [0, 0.1) is 20.7 Å². The molecule has 3 amide bonds. The lowest BCUT2D eigenvalue weighted by molar-refractivity contribution is -0.133. The Bertz CT molecular complexity index is 1560. The van der Waals surface area contributed by atoms with Gasteiger partial charge in [0.1, 0.15) is 23.7 Å². The summed E-state index contributed by atoms with van der Waals surface area (Å²) < 4.78 is 42.2. The molecule has 2 aliphatic rings. The maximum atomic E-state index is 14.5. The van der Waals surface area contributed by atoms with Gasteiger partial charge in [-0.05, 0) is 52.8 Å². The summed E-state index contributed by atoms with van der Waals surface area (Å²) in [5, 5.41) is 11.9. The Kier molecular flexibility index (Phi) is 7.94. The molecule has 3 aromatic rings. The van der Waals surface area contributed by atoms with Crippen LogP contribution in [-0.4, -0.2) is 45.7 Å². The number of carbonyl (C=O) groups is 3. The van der Waals surface area contributed by atoms with Crippen LogP contribution in [-0.2, 0) is 14.4 Å². The Morgan fingerprint density at radius 1 is 1.20 bits per heavy atom. The van der Waals surface area contributed by atoms with Crippen molar-refractivity contribution in [3.05, 3.63) is 81.6 Å². The highest BCUT2D eigenvalue weighted by Crippen LogP contribution is 2.39. The highest BCUT2D eigenvalue weighted by Gasteiger charge is 2.48. The molecular weight excluding hydrogens is 652 g/mol. The van der Waals surface area contributed by atoms with Gasteiger partial charge in [-0.3, -0.25) is 29.2 Å². The second-order valence-electron chi connectivity index (χ2n) is 9.80. The molecule has 1 saturated heterocycles. The van der Waals surface area contributed by atoms with Gasteiger partial charge in [0.05, 0.1) is 29.7 Å². The Balaban J connectivity index is 1.61. The summed E-state index contributed by atoms with van der Waals surface area (Å²) in [6.45, 7) is 0. The molecule has 0 radical (unpaired) electrons. The quantitative estimate of drug-likeness (QED) is 0.374. The van der Waals surface area contributed by atoms with E-state index in [1.54, 1.807) is 24.3 Å².